The van der Waals surface area contributed by atoms with Crippen LogP contribution in [-0.2, 0) is 10.9 Å². The topological polar surface area (TPSA) is 69.4 Å². The highest BCUT2D eigenvalue weighted by Crippen LogP contribution is 2.39. The van der Waals surface area contributed by atoms with Crippen LogP contribution >= 0.6 is 11.6 Å². The van der Waals surface area contributed by atoms with Gasteiger partial charge in [-0.2, -0.15) is 13.2 Å². The highest BCUT2D eigenvalue weighted by Gasteiger charge is 2.39. The minimum Gasteiger partial charge on any atom is -0.462 e. The van der Waals surface area contributed by atoms with Crippen LogP contribution in [0.5, 0.6) is 0 Å². The summed E-state index contributed by atoms with van der Waals surface area (Å²) < 4.78 is 42.8. The Morgan fingerprint density at radius 1 is 1.47 bits per heavy atom. The van der Waals surface area contributed by atoms with Gasteiger partial charge in [0, 0.05) is 12.1 Å². The molecule has 0 aliphatic heterocycles. The van der Waals surface area contributed by atoms with E-state index >= 15 is 0 Å². The fourth-order valence-electron chi connectivity index (χ4n) is 1.36. The standard InChI is InChI=1S/C10H7ClF3NO4/c1-2-19-9(16)6-3-5(15(17)18)4-7(11)8(6)10(12,13)14/h3-4H,2H2,1H3. The second-order valence-electron chi connectivity index (χ2n) is 3.33. The first-order valence-electron chi connectivity index (χ1n) is 4.90. The van der Waals surface area contributed by atoms with Crippen molar-refractivity contribution in [3.05, 3.63) is 38.4 Å². The molecule has 19 heavy (non-hydrogen) atoms. The molecule has 0 heterocycles. The Balaban J connectivity index is 3.53. The largest absolute Gasteiger partial charge is 0.462 e. The van der Waals surface area contributed by atoms with Gasteiger partial charge >= 0.3 is 12.1 Å². The number of rotatable bonds is 3. The highest BCUT2D eigenvalue weighted by atomic mass is 35.5. The van der Waals surface area contributed by atoms with Gasteiger partial charge in [0.2, 0.25) is 0 Å². The summed E-state index contributed by atoms with van der Waals surface area (Å²) in [6, 6.07) is 1.03. The van der Waals surface area contributed by atoms with Crippen molar-refractivity contribution < 1.29 is 27.6 Å². The number of alkyl halides is 3. The summed E-state index contributed by atoms with van der Waals surface area (Å²) in [5.41, 5.74) is -3.15. The lowest BCUT2D eigenvalue weighted by molar-refractivity contribution is -0.384. The van der Waals surface area contributed by atoms with E-state index in [0.717, 1.165) is 0 Å². The van der Waals surface area contributed by atoms with Gasteiger partial charge in [0.25, 0.3) is 5.69 Å². The predicted octanol–water partition coefficient (Wildman–Crippen LogP) is 3.44. The average Bonchev–Trinajstić information content (AvgIpc) is 2.26. The minimum absolute atomic E-state index is 0.170. The molecule has 0 fully saturated rings. The number of hydrogen-bond acceptors (Lipinski definition) is 4. The summed E-state index contributed by atoms with van der Waals surface area (Å²) in [5.74, 6) is -1.32. The van der Waals surface area contributed by atoms with Crippen LogP contribution in [0, 0.1) is 10.1 Å². The van der Waals surface area contributed by atoms with Crippen molar-refractivity contribution in [2.24, 2.45) is 0 Å². The molecule has 0 aliphatic rings. The Hall–Kier alpha value is -1.83. The van der Waals surface area contributed by atoms with Crippen molar-refractivity contribution in [2.75, 3.05) is 6.61 Å². The molecule has 5 nitrogen and oxygen atoms in total. The van der Waals surface area contributed by atoms with E-state index in [4.69, 9.17) is 11.6 Å². The number of esters is 1. The van der Waals surface area contributed by atoms with E-state index in [2.05, 4.69) is 4.74 Å². The van der Waals surface area contributed by atoms with Crippen molar-refractivity contribution in [3.8, 4) is 0 Å². The second kappa shape index (κ2) is 5.43. The zero-order chi connectivity index (χ0) is 14.8. The molecule has 0 spiro atoms. The monoisotopic (exact) mass is 297 g/mol. The molecule has 9 heteroatoms. The molecule has 0 aliphatic carbocycles. The number of nitro groups is 1. The summed E-state index contributed by atoms with van der Waals surface area (Å²) >= 11 is 5.38. The lowest BCUT2D eigenvalue weighted by Crippen LogP contribution is -2.16. The molecular weight excluding hydrogens is 291 g/mol. The Bertz CT molecular complexity index is 530. The molecule has 0 atom stereocenters. The van der Waals surface area contributed by atoms with Crippen LogP contribution in [0.2, 0.25) is 5.02 Å². The predicted molar refractivity (Wildman–Crippen MR) is 59.1 cm³/mol. The molecule has 0 N–H and O–H groups in total. The van der Waals surface area contributed by atoms with E-state index in [9.17, 15) is 28.1 Å². The molecule has 0 saturated heterocycles. The summed E-state index contributed by atoms with van der Waals surface area (Å²) in [5, 5.41) is 9.63. The van der Waals surface area contributed by atoms with Gasteiger partial charge in [-0.1, -0.05) is 11.6 Å². The van der Waals surface area contributed by atoms with Crippen LogP contribution < -0.4 is 0 Å². The van der Waals surface area contributed by atoms with Crippen molar-refractivity contribution in [3.63, 3.8) is 0 Å². The van der Waals surface area contributed by atoms with Crippen LogP contribution in [0.25, 0.3) is 0 Å². The Morgan fingerprint density at radius 2 is 2.05 bits per heavy atom. The summed E-state index contributed by atoms with van der Waals surface area (Å²) in [6.45, 7) is 1.22. The lowest BCUT2D eigenvalue weighted by Gasteiger charge is -2.13. The number of carbonyl (C=O) groups excluding carboxylic acids is 1. The number of carbonyl (C=O) groups is 1. The van der Waals surface area contributed by atoms with E-state index in [1.807, 2.05) is 0 Å². The van der Waals surface area contributed by atoms with Crippen molar-refractivity contribution in [1.82, 2.24) is 0 Å². The van der Waals surface area contributed by atoms with Gasteiger partial charge in [-0.05, 0) is 6.92 Å². The molecule has 0 bridgehead atoms. The molecule has 1 aromatic carbocycles. The van der Waals surface area contributed by atoms with E-state index < -0.39 is 38.9 Å². The quantitative estimate of drug-likeness (QED) is 0.487. The maximum Gasteiger partial charge on any atom is 0.418 e. The minimum atomic E-state index is -4.92. The number of benzene rings is 1. The maximum absolute atomic E-state index is 12.8. The van der Waals surface area contributed by atoms with Gasteiger partial charge in [-0.15, -0.1) is 0 Å². The number of nitro benzene ring substituents is 1. The van der Waals surface area contributed by atoms with Gasteiger partial charge in [-0.3, -0.25) is 10.1 Å². The first-order valence-corrected chi connectivity index (χ1v) is 5.28. The smallest absolute Gasteiger partial charge is 0.418 e. The van der Waals surface area contributed by atoms with Crippen LogP contribution in [0.3, 0.4) is 0 Å². The van der Waals surface area contributed by atoms with Crippen molar-refractivity contribution in [1.29, 1.82) is 0 Å². The molecule has 0 unspecified atom stereocenters. The third-order valence-electron chi connectivity index (χ3n) is 2.06. The lowest BCUT2D eigenvalue weighted by atomic mass is 10.1. The van der Waals surface area contributed by atoms with Gasteiger partial charge < -0.3 is 4.74 Å². The Labute approximate surface area is 110 Å². The van der Waals surface area contributed by atoms with Crippen molar-refractivity contribution >= 4 is 23.3 Å². The molecule has 0 aromatic heterocycles. The van der Waals surface area contributed by atoms with Gasteiger partial charge in [-0.25, -0.2) is 4.79 Å². The first-order chi connectivity index (χ1) is 8.68. The third kappa shape index (κ3) is 3.34. The van der Waals surface area contributed by atoms with Crippen molar-refractivity contribution in [2.45, 2.75) is 13.1 Å². The van der Waals surface area contributed by atoms with Gasteiger partial charge in [0.1, 0.15) is 0 Å². The number of non-ortho nitro benzene ring substituents is 1. The Kier molecular flexibility index (Phi) is 4.35. The molecule has 1 rings (SSSR count). The maximum atomic E-state index is 12.8. The zero-order valence-corrected chi connectivity index (χ0v) is 10.2. The van der Waals surface area contributed by atoms with Gasteiger partial charge in [0.15, 0.2) is 0 Å². The normalized spacial score (nSPS) is 11.2. The summed E-state index contributed by atoms with van der Waals surface area (Å²) in [4.78, 5) is 21.0. The van der Waals surface area contributed by atoms with E-state index in [0.29, 0.717) is 12.1 Å². The zero-order valence-electron chi connectivity index (χ0n) is 9.45. The fraction of sp³-hybridized carbons (Fsp3) is 0.300. The van der Waals surface area contributed by atoms with Crippen LogP contribution in [0.15, 0.2) is 12.1 Å². The summed E-state index contributed by atoms with van der Waals surface area (Å²) in [7, 11) is 0. The second-order valence-corrected chi connectivity index (χ2v) is 3.73. The molecule has 0 radical (unpaired) electrons. The summed E-state index contributed by atoms with van der Waals surface area (Å²) in [6.07, 6.45) is -4.92. The number of nitrogens with zero attached hydrogens (tertiary/aromatic N) is 1. The third-order valence-corrected chi connectivity index (χ3v) is 2.36. The highest BCUT2D eigenvalue weighted by molar-refractivity contribution is 6.32. The number of hydrogen-bond donors (Lipinski definition) is 0. The molecule has 0 amide bonds. The van der Waals surface area contributed by atoms with Crippen LogP contribution in [0.4, 0.5) is 18.9 Å². The first kappa shape index (κ1) is 15.2. The Morgan fingerprint density at radius 3 is 2.47 bits per heavy atom. The van der Waals surface area contributed by atoms with Crippen LogP contribution in [0.1, 0.15) is 22.8 Å². The number of ether oxygens (including phenoxy) is 1. The molecule has 104 valence electrons. The van der Waals surface area contributed by atoms with E-state index in [1.165, 1.54) is 6.92 Å². The SMILES string of the molecule is CCOC(=O)c1cc([N+](=O)[O-])cc(Cl)c1C(F)(F)F. The number of halogens is 4. The van der Waals surface area contributed by atoms with E-state index in [-0.39, 0.29) is 6.61 Å². The van der Waals surface area contributed by atoms with Gasteiger partial charge in [0.05, 0.1) is 27.7 Å². The van der Waals surface area contributed by atoms with Crippen LogP contribution in [-0.4, -0.2) is 17.5 Å². The van der Waals surface area contributed by atoms with E-state index in [1.54, 1.807) is 0 Å². The average molecular weight is 298 g/mol. The molecule has 0 saturated carbocycles. The molecular formula is C10H7ClF3NO4. The molecule has 1 aromatic rings. The fourth-order valence-corrected chi connectivity index (χ4v) is 1.68.